The van der Waals surface area contributed by atoms with Gasteiger partial charge in [-0.1, -0.05) is 6.07 Å². The smallest absolute Gasteiger partial charge is 0.243 e. The van der Waals surface area contributed by atoms with Gasteiger partial charge in [-0.15, -0.1) is 10.2 Å². The van der Waals surface area contributed by atoms with E-state index in [1.807, 2.05) is 20.8 Å². The molecule has 12 nitrogen and oxygen atoms in total. The number of rotatable bonds is 11. The monoisotopic (exact) mass is 558 g/mol. The minimum atomic E-state index is -4.11. The van der Waals surface area contributed by atoms with Crippen molar-refractivity contribution in [3.05, 3.63) is 47.8 Å². The first-order valence-corrected chi connectivity index (χ1v) is 14.4. The molecule has 2 heterocycles. The first-order chi connectivity index (χ1) is 18.6. The number of para-hydroxylation sites is 1. The van der Waals surface area contributed by atoms with E-state index in [-0.39, 0.29) is 41.7 Å². The Morgan fingerprint density at radius 2 is 1.67 bits per heavy atom. The van der Waals surface area contributed by atoms with Crippen molar-refractivity contribution in [2.45, 2.75) is 63.6 Å². The van der Waals surface area contributed by atoms with Crippen molar-refractivity contribution < 1.29 is 27.7 Å². The second kappa shape index (κ2) is 10.4. The fourth-order valence-corrected chi connectivity index (χ4v) is 6.33. The molecule has 0 aliphatic heterocycles. The summed E-state index contributed by atoms with van der Waals surface area (Å²) in [6.45, 7) is 7.04. The van der Waals surface area contributed by atoms with Gasteiger partial charge < -0.3 is 19.3 Å². The fraction of sp³-hybridized carbons (Fsp3) is 0.538. The summed E-state index contributed by atoms with van der Waals surface area (Å²) in [6.07, 6.45) is 2.55. The van der Waals surface area contributed by atoms with E-state index < -0.39 is 21.4 Å². The Balaban J connectivity index is 1.56. The molecule has 0 unspecified atom stereocenters. The van der Waals surface area contributed by atoms with Crippen LogP contribution in [-0.2, 0) is 14.8 Å². The third kappa shape index (κ3) is 4.72. The summed E-state index contributed by atoms with van der Waals surface area (Å²) in [6, 6.07) is 5.28. The molecule has 39 heavy (non-hydrogen) atoms. The van der Waals surface area contributed by atoms with E-state index >= 15 is 0 Å². The molecule has 3 aliphatic rings. The summed E-state index contributed by atoms with van der Waals surface area (Å²) in [7, 11) is -1.07. The first-order valence-electron chi connectivity index (χ1n) is 12.9. The van der Waals surface area contributed by atoms with Gasteiger partial charge in [0.25, 0.3) is 0 Å². The SMILES string of the molecule is COc1cccc(OC)c1-n1c(NS(=O)(=O)[C@@H](C)[C@@H](OC(C)C)c2ncc(C)cn2)nnc1C1[C@H]2C[C@H]1C2O. The van der Waals surface area contributed by atoms with Gasteiger partial charge >= 0.3 is 0 Å². The predicted octanol–water partition coefficient (Wildman–Crippen LogP) is 2.77. The zero-order valence-electron chi connectivity index (χ0n) is 22.8. The van der Waals surface area contributed by atoms with Crippen LogP contribution < -0.4 is 14.2 Å². The molecular formula is C26H34N6O6S. The van der Waals surface area contributed by atoms with Crippen LogP contribution >= 0.6 is 0 Å². The van der Waals surface area contributed by atoms with Gasteiger partial charge in [0, 0.05) is 18.3 Å². The molecule has 0 spiro atoms. The summed E-state index contributed by atoms with van der Waals surface area (Å²) >= 11 is 0. The number of hydrogen-bond donors (Lipinski definition) is 2. The largest absolute Gasteiger partial charge is 0.494 e. The normalized spacial score (nSPS) is 23.5. The molecule has 3 saturated carbocycles. The van der Waals surface area contributed by atoms with Crippen molar-refractivity contribution >= 4 is 16.0 Å². The number of benzene rings is 1. The summed E-state index contributed by atoms with van der Waals surface area (Å²) in [5.74, 6) is 1.72. The van der Waals surface area contributed by atoms with E-state index in [0.717, 1.165) is 12.0 Å². The molecule has 2 N–H and O–H groups in total. The van der Waals surface area contributed by atoms with E-state index in [4.69, 9.17) is 14.2 Å². The standard InChI is InChI=1S/C26H34N6O6S/c1-13(2)38-23(24-27-11-14(3)12-28-24)15(4)39(34,35)31-26-30-29-25(20-16-10-17(20)22(16)33)32(26)21-18(36-5)8-7-9-19(21)37-6/h7-9,11-13,15-17,20,22-23,33H,10H2,1-6H3,(H,30,31)/t15-,16+,17+,20?,22?,23+/m0/s1. The molecule has 6 rings (SSSR count). The number of ether oxygens (including phenoxy) is 3. The van der Waals surface area contributed by atoms with E-state index in [1.165, 1.54) is 14.2 Å². The number of anilines is 1. The minimum Gasteiger partial charge on any atom is -0.494 e. The fourth-order valence-electron chi connectivity index (χ4n) is 5.25. The maximum absolute atomic E-state index is 13.8. The van der Waals surface area contributed by atoms with E-state index in [2.05, 4.69) is 24.9 Å². The Kier molecular flexibility index (Phi) is 7.25. The van der Waals surface area contributed by atoms with Crippen LogP contribution in [0.4, 0.5) is 5.95 Å². The molecule has 0 saturated heterocycles. The van der Waals surface area contributed by atoms with Gasteiger partial charge in [-0.05, 0) is 63.6 Å². The molecule has 210 valence electrons. The van der Waals surface area contributed by atoms with Gasteiger partial charge in [0.05, 0.1) is 26.4 Å². The molecule has 4 atom stereocenters. The topological polar surface area (TPSA) is 151 Å². The van der Waals surface area contributed by atoms with Crippen molar-refractivity contribution in [2.24, 2.45) is 11.8 Å². The molecule has 1 aromatic carbocycles. The predicted molar refractivity (Wildman–Crippen MR) is 143 cm³/mol. The molecular weight excluding hydrogens is 524 g/mol. The maximum Gasteiger partial charge on any atom is 0.243 e. The average molecular weight is 559 g/mol. The van der Waals surface area contributed by atoms with Crippen LogP contribution in [0.15, 0.2) is 30.6 Å². The highest BCUT2D eigenvalue weighted by molar-refractivity contribution is 7.93. The second-order valence-electron chi connectivity index (χ2n) is 10.4. The highest BCUT2D eigenvalue weighted by atomic mass is 32.2. The van der Waals surface area contributed by atoms with E-state index in [1.54, 1.807) is 42.1 Å². The van der Waals surface area contributed by atoms with Crippen LogP contribution in [0.5, 0.6) is 11.5 Å². The van der Waals surface area contributed by atoms with Gasteiger partial charge in [0.2, 0.25) is 16.0 Å². The zero-order chi connectivity index (χ0) is 28.1. The zero-order valence-corrected chi connectivity index (χ0v) is 23.6. The lowest BCUT2D eigenvalue weighted by molar-refractivity contribution is -0.178. The number of nitrogens with zero attached hydrogens (tertiary/aromatic N) is 5. The molecule has 3 fully saturated rings. The highest BCUT2D eigenvalue weighted by Crippen LogP contribution is 2.63. The van der Waals surface area contributed by atoms with E-state index in [0.29, 0.717) is 23.0 Å². The molecule has 3 aliphatic carbocycles. The van der Waals surface area contributed by atoms with Gasteiger partial charge in [-0.2, -0.15) is 0 Å². The lowest BCUT2D eigenvalue weighted by Crippen LogP contribution is -2.62. The van der Waals surface area contributed by atoms with Gasteiger partial charge in [0.1, 0.15) is 34.4 Å². The van der Waals surface area contributed by atoms with Crippen LogP contribution in [0.1, 0.15) is 56.4 Å². The molecule has 13 heteroatoms. The number of hydrogen-bond acceptors (Lipinski definition) is 10. The van der Waals surface area contributed by atoms with Gasteiger partial charge in [-0.25, -0.2) is 18.4 Å². The van der Waals surface area contributed by atoms with Gasteiger partial charge in [-0.3, -0.25) is 9.29 Å². The second-order valence-corrected chi connectivity index (χ2v) is 12.4. The Hall–Kier alpha value is -3.29. The van der Waals surface area contributed by atoms with Crippen molar-refractivity contribution in [1.29, 1.82) is 0 Å². The van der Waals surface area contributed by atoms with Crippen LogP contribution in [-0.4, -0.2) is 69.9 Å². The van der Waals surface area contributed by atoms with Crippen LogP contribution in [0.2, 0.25) is 0 Å². The lowest BCUT2D eigenvalue weighted by atomic mass is 9.45. The summed E-state index contributed by atoms with van der Waals surface area (Å²) in [5.41, 5.74) is 1.31. The minimum absolute atomic E-state index is 0.0199. The number of aliphatic hydroxyl groups excluding tert-OH is 1. The third-order valence-corrected chi connectivity index (χ3v) is 9.27. The summed E-state index contributed by atoms with van der Waals surface area (Å²) < 4.78 is 49.1. The van der Waals surface area contributed by atoms with Gasteiger partial charge in [0.15, 0.2) is 5.82 Å². The van der Waals surface area contributed by atoms with E-state index in [9.17, 15) is 13.5 Å². The van der Waals surface area contributed by atoms with Crippen molar-refractivity contribution in [1.82, 2.24) is 24.7 Å². The van der Waals surface area contributed by atoms with Crippen molar-refractivity contribution in [2.75, 3.05) is 18.9 Å². The lowest BCUT2D eigenvalue weighted by Gasteiger charge is -2.61. The Morgan fingerprint density at radius 3 is 2.18 bits per heavy atom. The quantitative estimate of drug-likeness (QED) is 0.359. The number of sulfonamides is 1. The molecule has 0 amide bonds. The molecule has 3 aromatic rings. The average Bonchev–Trinajstić information content (AvgIpc) is 3.26. The highest BCUT2D eigenvalue weighted by Gasteiger charge is 2.63. The molecule has 0 radical (unpaired) electrons. The number of nitrogens with one attached hydrogen (secondary N) is 1. The molecule has 2 aromatic heterocycles. The Labute approximate surface area is 227 Å². The van der Waals surface area contributed by atoms with Crippen LogP contribution in [0.25, 0.3) is 5.69 Å². The number of aromatic nitrogens is 5. The van der Waals surface area contributed by atoms with Crippen molar-refractivity contribution in [3.8, 4) is 17.2 Å². The Morgan fingerprint density at radius 1 is 1.05 bits per heavy atom. The number of aryl methyl sites for hydroxylation is 1. The van der Waals surface area contributed by atoms with Crippen LogP contribution in [0.3, 0.4) is 0 Å². The number of methoxy groups -OCH3 is 2. The summed E-state index contributed by atoms with van der Waals surface area (Å²) in [5, 5.41) is 17.8. The Bertz CT molecular complexity index is 1410. The first kappa shape index (κ1) is 27.3. The maximum atomic E-state index is 13.8. The number of aliphatic hydroxyl groups is 1. The van der Waals surface area contributed by atoms with Crippen LogP contribution in [0, 0.1) is 18.8 Å². The third-order valence-electron chi connectivity index (χ3n) is 7.58. The summed E-state index contributed by atoms with van der Waals surface area (Å²) in [4.78, 5) is 8.66. The van der Waals surface area contributed by atoms with Crippen molar-refractivity contribution in [3.63, 3.8) is 0 Å². The molecule has 2 bridgehead atoms.